The van der Waals surface area contributed by atoms with Crippen molar-refractivity contribution in [1.29, 1.82) is 0 Å². The number of nitro benzene ring substituents is 1. The molecule has 1 aromatic rings. The lowest BCUT2D eigenvalue weighted by atomic mass is 10.1. The minimum atomic E-state index is -1.47. The molecule has 7 nitrogen and oxygen atoms in total. The van der Waals surface area contributed by atoms with Gasteiger partial charge in [-0.25, -0.2) is 13.6 Å². The van der Waals surface area contributed by atoms with Crippen LogP contribution < -0.4 is 5.32 Å². The molecular formula is C11H10F2N2O5. The number of nitro groups is 1. The van der Waals surface area contributed by atoms with Gasteiger partial charge < -0.3 is 10.4 Å². The maximum Gasteiger partial charge on any atom is 0.326 e. The Morgan fingerprint density at radius 3 is 2.40 bits per heavy atom. The van der Waals surface area contributed by atoms with Gasteiger partial charge in [-0.3, -0.25) is 14.9 Å². The largest absolute Gasteiger partial charge is 0.480 e. The smallest absolute Gasteiger partial charge is 0.326 e. The van der Waals surface area contributed by atoms with E-state index in [1.807, 2.05) is 5.32 Å². The van der Waals surface area contributed by atoms with Gasteiger partial charge in [0, 0.05) is 0 Å². The lowest BCUT2D eigenvalue weighted by Gasteiger charge is -2.12. The first kappa shape index (κ1) is 15.5. The molecule has 2 N–H and O–H groups in total. The molecule has 0 saturated carbocycles. The average Bonchev–Trinajstić information content (AvgIpc) is 2.37. The Kier molecular flexibility index (Phi) is 4.68. The molecule has 0 aliphatic heterocycles. The summed E-state index contributed by atoms with van der Waals surface area (Å²) in [4.78, 5) is 32.1. The summed E-state index contributed by atoms with van der Waals surface area (Å²) in [5.41, 5.74) is -1.68. The number of hydrogen-bond donors (Lipinski definition) is 2. The zero-order chi connectivity index (χ0) is 15.4. The molecule has 0 spiro atoms. The first-order chi connectivity index (χ1) is 9.27. The summed E-state index contributed by atoms with van der Waals surface area (Å²) in [7, 11) is 0. The van der Waals surface area contributed by atoms with Crippen LogP contribution in [-0.4, -0.2) is 27.9 Å². The normalized spacial score (nSPS) is 11.8. The summed E-state index contributed by atoms with van der Waals surface area (Å²) < 4.78 is 26.0. The van der Waals surface area contributed by atoms with Crippen LogP contribution in [0.5, 0.6) is 0 Å². The van der Waals surface area contributed by atoms with Crippen molar-refractivity contribution in [1.82, 2.24) is 5.32 Å². The Morgan fingerprint density at radius 2 is 1.95 bits per heavy atom. The molecule has 0 heterocycles. The molecule has 1 atom stereocenters. The fourth-order valence-corrected chi connectivity index (χ4v) is 1.44. The minimum absolute atomic E-state index is 0.0263. The van der Waals surface area contributed by atoms with Crippen molar-refractivity contribution in [3.63, 3.8) is 0 Å². The van der Waals surface area contributed by atoms with E-state index in [4.69, 9.17) is 5.11 Å². The second-order valence-electron chi connectivity index (χ2n) is 3.81. The van der Waals surface area contributed by atoms with E-state index in [2.05, 4.69) is 0 Å². The number of halogens is 2. The Balaban J connectivity index is 3.18. The van der Waals surface area contributed by atoms with Gasteiger partial charge in [-0.05, 0) is 12.5 Å². The lowest BCUT2D eigenvalue weighted by molar-refractivity contribution is -0.385. The maximum atomic E-state index is 13.1. The second-order valence-corrected chi connectivity index (χ2v) is 3.81. The Labute approximate surface area is 111 Å². The predicted molar refractivity (Wildman–Crippen MR) is 62.2 cm³/mol. The van der Waals surface area contributed by atoms with E-state index in [0.29, 0.717) is 6.07 Å². The van der Waals surface area contributed by atoms with Gasteiger partial charge in [0.15, 0.2) is 11.6 Å². The number of benzene rings is 1. The second kappa shape index (κ2) is 6.04. The topological polar surface area (TPSA) is 110 Å². The van der Waals surface area contributed by atoms with Crippen LogP contribution in [0.15, 0.2) is 12.1 Å². The van der Waals surface area contributed by atoms with Crippen molar-refractivity contribution in [2.75, 3.05) is 0 Å². The molecule has 1 amide bonds. The monoisotopic (exact) mass is 288 g/mol. The number of carboxylic acid groups (broad SMARTS) is 1. The van der Waals surface area contributed by atoms with Crippen LogP contribution in [0.25, 0.3) is 0 Å². The van der Waals surface area contributed by atoms with Crippen molar-refractivity contribution in [2.45, 2.75) is 19.4 Å². The molecule has 0 aromatic heterocycles. The SMILES string of the molecule is CC[C@@H](NC(=O)c1cc(F)c(F)cc1[N+](=O)[O-])C(=O)O. The molecule has 0 bridgehead atoms. The zero-order valence-corrected chi connectivity index (χ0v) is 10.2. The third-order valence-corrected chi connectivity index (χ3v) is 2.49. The van der Waals surface area contributed by atoms with E-state index in [-0.39, 0.29) is 12.5 Å². The number of carbonyl (C=O) groups is 2. The van der Waals surface area contributed by atoms with Crippen LogP contribution in [0.1, 0.15) is 23.7 Å². The van der Waals surface area contributed by atoms with Gasteiger partial charge in [-0.15, -0.1) is 0 Å². The van der Waals surface area contributed by atoms with E-state index < -0.39 is 45.7 Å². The molecule has 0 unspecified atom stereocenters. The first-order valence-corrected chi connectivity index (χ1v) is 5.45. The third-order valence-electron chi connectivity index (χ3n) is 2.49. The Bertz CT molecular complexity index is 576. The quantitative estimate of drug-likeness (QED) is 0.629. The van der Waals surface area contributed by atoms with Crippen LogP contribution in [0, 0.1) is 21.7 Å². The van der Waals surface area contributed by atoms with E-state index in [1.54, 1.807) is 0 Å². The van der Waals surface area contributed by atoms with Gasteiger partial charge in [-0.1, -0.05) is 6.92 Å². The van der Waals surface area contributed by atoms with Gasteiger partial charge in [-0.2, -0.15) is 0 Å². The summed E-state index contributed by atoms with van der Waals surface area (Å²) in [5, 5.41) is 21.5. The fourth-order valence-electron chi connectivity index (χ4n) is 1.44. The van der Waals surface area contributed by atoms with Crippen LogP contribution in [0.4, 0.5) is 14.5 Å². The van der Waals surface area contributed by atoms with Gasteiger partial charge in [0.2, 0.25) is 0 Å². The van der Waals surface area contributed by atoms with Crippen molar-refractivity contribution < 1.29 is 28.4 Å². The predicted octanol–water partition coefficient (Wildman–Crippen LogP) is 1.47. The molecule has 0 aliphatic carbocycles. The van der Waals surface area contributed by atoms with Crippen LogP contribution in [0.2, 0.25) is 0 Å². The van der Waals surface area contributed by atoms with Gasteiger partial charge >= 0.3 is 5.97 Å². The number of carboxylic acids is 1. The third kappa shape index (κ3) is 3.25. The summed E-state index contributed by atoms with van der Waals surface area (Å²) in [6, 6.07) is -0.654. The highest BCUT2D eigenvalue weighted by atomic mass is 19.2. The van der Waals surface area contributed by atoms with Crippen molar-refractivity contribution in [2.24, 2.45) is 0 Å². The number of hydrogen-bond acceptors (Lipinski definition) is 4. The number of nitrogens with one attached hydrogen (secondary N) is 1. The molecule has 1 aromatic carbocycles. The van der Waals surface area contributed by atoms with Gasteiger partial charge in [0.1, 0.15) is 11.6 Å². The average molecular weight is 288 g/mol. The first-order valence-electron chi connectivity index (χ1n) is 5.45. The highest BCUT2D eigenvalue weighted by Gasteiger charge is 2.26. The maximum absolute atomic E-state index is 13.1. The van der Waals surface area contributed by atoms with Crippen molar-refractivity contribution in [3.8, 4) is 0 Å². The number of rotatable bonds is 5. The molecule has 20 heavy (non-hydrogen) atoms. The number of amides is 1. The molecule has 108 valence electrons. The molecule has 0 radical (unpaired) electrons. The van der Waals surface area contributed by atoms with E-state index in [9.17, 15) is 28.5 Å². The number of carbonyl (C=O) groups excluding carboxylic acids is 1. The lowest BCUT2D eigenvalue weighted by Crippen LogP contribution is -2.40. The van der Waals surface area contributed by atoms with E-state index >= 15 is 0 Å². The Hall–Kier alpha value is -2.58. The Morgan fingerprint density at radius 1 is 1.40 bits per heavy atom. The van der Waals surface area contributed by atoms with Crippen molar-refractivity contribution >= 4 is 17.6 Å². The zero-order valence-electron chi connectivity index (χ0n) is 10.2. The summed E-state index contributed by atoms with van der Waals surface area (Å²) in [6.07, 6.45) is 0.0263. The number of nitrogens with zero attached hydrogens (tertiary/aromatic N) is 1. The van der Waals surface area contributed by atoms with Crippen LogP contribution in [0.3, 0.4) is 0 Å². The highest BCUT2D eigenvalue weighted by Crippen LogP contribution is 2.22. The summed E-state index contributed by atoms with van der Waals surface area (Å²) >= 11 is 0. The van der Waals surface area contributed by atoms with Crippen LogP contribution in [-0.2, 0) is 4.79 Å². The molecule has 0 aliphatic rings. The number of aliphatic carboxylic acids is 1. The van der Waals surface area contributed by atoms with Crippen LogP contribution >= 0.6 is 0 Å². The highest BCUT2D eigenvalue weighted by molar-refractivity contribution is 6.00. The summed E-state index contributed by atoms with van der Waals surface area (Å²) in [6.45, 7) is 1.47. The molecule has 9 heteroatoms. The van der Waals surface area contributed by atoms with Crippen molar-refractivity contribution in [3.05, 3.63) is 39.4 Å². The molecule has 1 rings (SSSR count). The fraction of sp³-hybridized carbons (Fsp3) is 0.273. The molecule has 0 saturated heterocycles. The van der Waals surface area contributed by atoms with E-state index in [1.165, 1.54) is 6.92 Å². The minimum Gasteiger partial charge on any atom is -0.480 e. The van der Waals surface area contributed by atoms with E-state index in [0.717, 1.165) is 0 Å². The standard InChI is InChI=1S/C11H10F2N2O5/c1-2-8(11(17)18)14-10(16)5-3-6(12)7(13)4-9(5)15(19)20/h3-4,8H,2H2,1H3,(H,14,16)(H,17,18)/t8-/m1/s1. The molecule has 0 fully saturated rings. The molecular weight excluding hydrogens is 278 g/mol. The van der Waals surface area contributed by atoms with Gasteiger partial charge in [0.05, 0.1) is 11.0 Å². The summed E-state index contributed by atoms with van der Waals surface area (Å²) in [5.74, 6) is -5.42. The van der Waals surface area contributed by atoms with Gasteiger partial charge in [0.25, 0.3) is 11.6 Å².